The highest BCUT2D eigenvalue weighted by Crippen LogP contribution is 2.44. The Hall–Kier alpha value is -11.6. The van der Waals surface area contributed by atoms with Crippen LogP contribution in [0.4, 0.5) is 39.8 Å². The number of carboxylic acids is 1. The van der Waals surface area contributed by atoms with E-state index in [1.165, 1.54) is 44.6 Å². The summed E-state index contributed by atoms with van der Waals surface area (Å²) in [5, 5.41) is 92.5. The number of amides is 3. The molecule has 1 aromatic heterocycles. The molecular weight excluding hydrogens is 1410 g/mol. The number of aromatic carboxylic acids is 1. The van der Waals surface area contributed by atoms with Crippen LogP contribution in [0.15, 0.2) is 171 Å². The average molecular weight is 1510 g/mol. The molecule has 6 aromatic carbocycles. The minimum Gasteiger partial charge on any atom is -0.545 e. The third-order valence-corrected chi connectivity index (χ3v) is 18.6. The summed E-state index contributed by atoms with van der Waals surface area (Å²) < 4.78 is 38.8. The number of carbonyl (C=O) groups is 4. The van der Waals surface area contributed by atoms with E-state index < -0.39 is 59.5 Å². The molecule has 0 bridgehead atoms. The first-order valence-corrected chi connectivity index (χ1v) is 36.0. The van der Waals surface area contributed by atoms with Crippen LogP contribution in [0.3, 0.4) is 0 Å². The van der Waals surface area contributed by atoms with E-state index in [-0.39, 0.29) is 42.5 Å². The molecule has 3 amide bonds. The third kappa shape index (κ3) is 21.6. The zero-order valence-electron chi connectivity index (χ0n) is 62.9. The van der Waals surface area contributed by atoms with E-state index >= 15 is 0 Å². The van der Waals surface area contributed by atoms with Crippen molar-refractivity contribution in [3.63, 3.8) is 0 Å². The number of non-ortho nitro benzene ring substituents is 1. The first kappa shape index (κ1) is 80.9. The highest BCUT2D eigenvalue weighted by molar-refractivity contribution is 6.09. The number of hydrogen-bond acceptors (Lipinski definition) is 25. The van der Waals surface area contributed by atoms with E-state index in [4.69, 9.17) is 28.1 Å². The lowest BCUT2D eigenvalue weighted by Crippen LogP contribution is -2.60. The number of nitro benzene ring substituents is 1. The second-order valence-corrected chi connectivity index (χ2v) is 27.3. The van der Waals surface area contributed by atoms with Crippen LogP contribution < -0.4 is 55.0 Å². The van der Waals surface area contributed by atoms with Gasteiger partial charge in [0.1, 0.15) is 90.2 Å². The molecular formula is C79H93N15O16. The zero-order valence-corrected chi connectivity index (χ0v) is 62.9. The van der Waals surface area contributed by atoms with Crippen molar-refractivity contribution in [2.45, 2.75) is 101 Å². The van der Waals surface area contributed by atoms with Crippen molar-refractivity contribution in [1.29, 1.82) is 0 Å². The number of aliphatic hydroxyl groups excluding tert-OH is 3. The lowest BCUT2D eigenvalue weighted by Gasteiger charge is -2.40. The molecule has 1 fully saturated rings. The predicted octanol–water partition coefficient (Wildman–Crippen LogP) is 8.42. The Morgan fingerprint density at radius 3 is 2.05 bits per heavy atom. The third-order valence-electron chi connectivity index (χ3n) is 18.6. The van der Waals surface area contributed by atoms with Crippen LogP contribution in [-0.4, -0.2) is 197 Å². The number of methoxy groups -OCH3 is 2. The van der Waals surface area contributed by atoms with Gasteiger partial charge in [0.15, 0.2) is 0 Å². The molecule has 0 unspecified atom stereocenters. The molecule has 6 atom stereocenters. The summed E-state index contributed by atoms with van der Waals surface area (Å²) in [5.74, 6) is -1.06. The first-order valence-electron chi connectivity index (χ1n) is 36.0. The zero-order chi connectivity index (χ0) is 78.5. The number of carbonyl (C=O) groups excluding carboxylic acids is 4. The number of aliphatic hydroxyl groups is 3. The highest BCUT2D eigenvalue weighted by Gasteiger charge is 2.45. The molecule has 2 aliphatic heterocycles. The van der Waals surface area contributed by atoms with Gasteiger partial charge in [-0.1, -0.05) is 23.4 Å². The molecule has 0 radical (unpaired) electrons. The molecule has 10 rings (SSSR count). The number of azo groups is 2. The molecule has 110 heavy (non-hydrogen) atoms. The summed E-state index contributed by atoms with van der Waals surface area (Å²) in [6.45, 7) is 2.40. The summed E-state index contributed by atoms with van der Waals surface area (Å²) >= 11 is 0. The molecule has 3 heterocycles. The maximum absolute atomic E-state index is 14.1. The number of aromatic nitrogens is 3. The molecule has 7 aromatic rings. The summed E-state index contributed by atoms with van der Waals surface area (Å²) in [4.78, 5) is 70.5. The van der Waals surface area contributed by atoms with Crippen molar-refractivity contribution >= 4 is 74.5 Å². The summed E-state index contributed by atoms with van der Waals surface area (Å²) in [7, 11) is 16.5. The lowest BCUT2D eigenvalue weighted by molar-refractivity contribution is -0.384. The van der Waals surface area contributed by atoms with E-state index in [1.54, 1.807) is 47.3 Å². The molecule has 0 saturated carbocycles. The van der Waals surface area contributed by atoms with Crippen LogP contribution in [0.5, 0.6) is 17.2 Å². The number of carboxylic acid groups (broad SMARTS) is 1. The SMILES string of the molecule is COc1cc(/N=N/c2ccc([N+](=O)[O-])cc2)c(OC)cc1/N=N/c1ccc(N(C)CCCC(=O)NCCc2ccc(O[C@@H]3O[C@H](COCCCCn4cc(CNC(=O)[C@H](CCCCN(C)C)NC(=O)c5ccc(-c6c7ccc(=[N+](C)C)cc-7oc7cc(N(C)C)ccc67)c(C(=O)[O-])c5)nn4)[C@@H](O)[C@H](O)[C@H]3O)cc2)cc1. The number of ether oxygens (including phenoxy) is 5. The normalized spacial score (nSPS) is 16.0. The van der Waals surface area contributed by atoms with Crippen molar-refractivity contribution < 1.29 is 72.6 Å². The van der Waals surface area contributed by atoms with Gasteiger partial charge in [-0.25, -0.2) is 4.58 Å². The van der Waals surface area contributed by atoms with Gasteiger partial charge in [-0.2, -0.15) is 10.2 Å². The minimum atomic E-state index is -1.58. The Morgan fingerprint density at radius 2 is 1.40 bits per heavy atom. The Labute approximate surface area is 635 Å². The second kappa shape index (κ2) is 38.5. The van der Waals surface area contributed by atoms with Gasteiger partial charge in [-0.3, -0.25) is 29.2 Å². The minimum absolute atomic E-state index is 0.0136. The molecule has 31 heteroatoms. The number of anilines is 2. The number of nitro groups is 1. The van der Waals surface area contributed by atoms with Crippen LogP contribution >= 0.6 is 0 Å². The largest absolute Gasteiger partial charge is 0.545 e. The van der Waals surface area contributed by atoms with Crippen LogP contribution in [0.1, 0.15) is 76.9 Å². The molecule has 0 spiro atoms. The number of fused-ring (bicyclic) bond motifs is 2. The van der Waals surface area contributed by atoms with E-state index in [2.05, 4.69) is 46.7 Å². The fourth-order valence-corrected chi connectivity index (χ4v) is 12.3. The maximum Gasteiger partial charge on any atom is 0.269 e. The van der Waals surface area contributed by atoms with Crippen molar-refractivity contribution in [2.24, 2.45) is 20.5 Å². The summed E-state index contributed by atoms with van der Waals surface area (Å²) in [6, 6.07) is 38.2. The van der Waals surface area contributed by atoms with E-state index in [0.29, 0.717) is 144 Å². The fourth-order valence-electron chi connectivity index (χ4n) is 12.3. The van der Waals surface area contributed by atoms with E-state index in [9.17, 15) is 49.7 Å². The van der Waals surface area contributed by atoms with E-state index in [0.717, 1.165) is 35.3 Å². The number of unbranched alkanes of at least 4 members (excludes halogenated alkanes) is 2. The highest BCUT2D eigenvalue weighted by atomic mass is 16.7. The number of nitrogens with one attached hydrogen (secondary N) is 3. The molecule has 1 saturated heterocycles. The van der Waals surface area contributed by atoms with Gasteiger partial charge in [-0.15, -0.1) is 15.3 Å². The van der Waals surface area contributed by atoms with Crippen LogP contribution in [0.25, 0.3) is 33.4 Å². The number of nitrogens with zero attached hydrogens (tertiary/aromatic N) is 12. The number of hydrogen-bond donors (Lipinski definition) is 6. The predicted molar refractivity (Wildman–Crippen MR) is 410 cm³/mol. The standard InChI is InChI=1S/C79H93N15O16/c1-89(2)37-11-10-15-63(82-76(99)50-19-32-59(62(41-50)78(101)102)72-60-33-28-56(90(3)4)42-66(60)109-67-43-57(91(5)6)29-34-61(67)72)77(100)81-46-53-47-93(88-85-53)39-12-13-40-107-48-70-73(96)74(97)75(98)79(110-70)108-58-30-17-49(18-31-58)35-36-80-71(95)16-14-38-92(7)54-24-20-51(21-25-54)83-86-64-44-69(106-9)65(45-68(64)105-8)87-84-52-22-26-55(27-23-52)94(103)104/h17-34,41-45,47,63,70,73-75,79,96-98H,10-16,35-40,46,48H2,1-9H3,(H3-,80,81,82,95,99,100,101,102)/b86-83+,87-84+/t63-,70+,73+,74-,75+,79+/m0/s1. The van der Waals surface area contributed by atoms with Crippen molar-refractivity contribution in [2.75, 3.05) is 106 Å². The van der Waals surface area contributed by atoms with Crippen molar-refractivity contribution in [3.05, 3.63) is 184 Å². The van der Waals surface area contributed by atoms with Crippen LogP contribution in [0.2, 0.25) is 0 Å². The number of rotatable bonds is 37. The second-order valence-electron chi connectivity index (χ2n) is 27.3. The Kier molecular flexibility index (Phi) is 28.3. The van der Waals surface area contributed by atoms with Crippen LogP contribution in [0, 0.1) is 10.1 Å². The molecule has 1 aliphatic carbocycles. The molecule has 6 N–H and O–H groups in total. The van der Waals surface area contributed by atoms with Gasteiger partial charge in [0, 0.05) is 129 Å². The topological polar surface area (TPSA) is 383 Å². The maximum atomic E-state index is 14.1. The summed E-state index contributed by atoms with van der Waals surface area (Å²) in [5.41, 5.74) is 6.81. The monoisotopic (exact) mass is 1510 g/mol. The van der Waals surface area contributed by atoms with Crippen molar-refractivity contribution in [3.8, 4) is 39.7 Å². The van der Waals surface area contributed by atoms with Gasteiger partial charge >= 0.3 is 0 Å². The Balaban J connectivity index is 0.628. The summed E-state index contributed by atoms with van der Waals surface area (Å²) in [6.07, 6.45) is -0.954. The quantitative estimate of drug-likeness (QED) is 0.00531. The van der Waals surface area contributed by atoms with Gasteiger partial charge < -0.3 is 84.0 Å². The first-order chi connectivity index (χ1) is 52.9. The molecule has 580 valence electrons. The van der Waals surface area contributed by atoms with Crippen molar-refractivity contribution in [1.82, 2.24) is 40.4 Å². The van der Waals surface area contributed by atoms with E-state index in [1.807, 2.05) is 141 Å². The lowest BCUT2D eigenvalue weighted by atomic mass is 9.89. The Morgan fingerprint density at radius 1 is 0.718 bits per heavy atom. The fraction of sp³-hybridized carbons (Fsp3) is 0.380. The average Bonchev–Trinajstić information content (AvgIpc) is 0.952. The number of aryl methyl sites for hydroxylation is 1. The van der Waals surface area contributed by atoms with Gasteiger partial charge in [0.2, 0.25) is 23.5 Å². The smallest absolute Gasteiger partial charge is 0.269 e. The molecule has 3 aliphatic rings. The van der Waals surface area contributed by atoms with Gasteiger partial charge in [0.05, 0.1) is 61.9 Å². The van der Waals surface area contributed by atoms with Crippen LogP contribution in [-0.2, 0) is 38.6 Å². The van der Waals surface area contributed by atoms with Gasteiger partial charge in [0.25, 0.3) is 11.6 Å². The van der Waals surface area contributed by atoms with Gasteiger partial charge in [-0.05, 0) is 156 Å². The Bertz CT molecular complexity index is 4760. The molecule has 31 nitrogen and oxygen atoms in total. The number of benzene rings is 7.